The average Bonchev–Trinajstić information content (AvgIpc) is 3.00. The van der Waals surface area contributed by atoms with Crippen molar-refractivity contribution in [2.24, 2.45) is 0 Å². The zero-order valence-corrected chi connectivity index (χ0v) is 25.2. The van der Waals surface area contributed by atoms with Gasteiger partial charge in [0.2, 0.25) is 0 Å². The topological polar surface area (TPSA) is 0 Å². The summed E-state index contributed by atoms with van der Waals surface area (Å²) in [6.45, 7) is 18.6. The first-order chi connectivity index (χ1) is 10.00. The van der Waals surface area contributed by atoms with E-state index < -0.39 is 16.1 Å². The van der Waals surface area contributed by atoms with Crippen LogP contribution in [-0.4, -0.2) is 23.8 Å². The molecule has 0 saturated carbocycles. The average molecular weight is 484 g/mol. The van der Waals surface area contributed by atoms with E-state index in [-0.39, 0.29) is 39.7 Å². The Hall–Kier alpha value is 0.905. The van der Waals surface area contributed by atoms with Crippen LogP contribution in [0.1, 0.15) is 26.7 Å². The summed E-state index contributed by atoms with van der Waals surface area (Å²) in [6.07, 6.45) is 13.5. The van der Waals surface area contributed by atoms with Crippen molar-refractivity contribution < 1.29 is 19.2 Å². The maximum absolute atomic E-state index is 3.33. The monoisotopic (exact) mass is 482 g/mol. The molecule has 0 saturated heterocycles. The summed E-state index contributed by atoms with van der Waals surface area (Å²) in [5.41, 5.74) is 2.66. The molecule has 2 aliphatic carbocycles. The number of hydrogen-bond donors (Lipinski definition) is 0. The molecule has 2 rings (SSSR count). The van der Waals surface area contributed by atoms with Crippen LogP contribution in [0.15, 0.2) is 33.7 Å². The van der Waals surface area contributed by atoms with Gasteiger partial charge in [0.1, 0.15) is 0 Å². The van der Waals surface area contributed by atoms with Crippen LogP contribution < -0.4 is 0 Å². The van der Waals surface area contributed by atoms with Gasteiger partial charge in [-0.15, -0.1) is 37.7 Å². The van der Waals surface area contributed by atoms with Gasteiger partial charge >= 0.3 is 26.8 Å². The molecule has 154 valence electrons. The van der Waals surface area contributed by atoms with Crippen LogP contribution in [0.2, 0.25) is 39.3 Å². The fourth-order valence-corrected chi connectivity index (χ4v) is 4.70. The van der Waals surface area contributed by atoms with Gasteiger partial charge in [-0.3, -0.25) is 12.2 Å². The summed E-state index contributed by atoms with van der Waals surface area (Å²) in [6, 6.07) is 0. The van der Waals surface area contributed by atoms with Crippen molar-refractivity contribution in [1.82, 2.24) is 0 Å². The molecule has 0 amide bonds. The summed E-state index contributed by atoms with van der Waals surface area (Å²) in [5, 5.41) is 3.29. The molecular weight excluding hydrogens is 443 g/mol. The SMILES string of the molecule is CC1=[C-]CC([Si](C)(C)C)=C1.CC1=[C-]CC([Si](C)(C)C)=C1.Cl.Cl.[CH3-].[CH3-].[SiH2]=[Ti]. The van der Waals surface area contributed by atoms with E-state index in [4.69, 9.17) is 0 Å². The molecule has 2 aliphatic rings. The summed E-state index contributed by atoms with van der Waals surface area (Å²) >= 11 is 2.03. The van der Waals surface area contributed by atoms with Crippen molar-refractivity contribution in [2.75, 3.05) is 0 Å². The van der Waals surface area contributed by atoms with Gasteiger partial charge < -0.3 is 14.9 Å². The molecule has 0 fully saturated rings. The maximum atomic E-state index is 3.33. The van der Waals surface area contributed by atoms with E-state index in [1.54, 1.807) is 10.4 Å². The van der Waals surface area contributed by atoms with E-state index in [1.807, 2.05) is 26.8 Å². The summed E-state index contributed by atoms with van der Waals surface area (Å²) in [4.78, 5) is 0. The summed E-state index contributed by atoms with van der Waals surface area (Å²) in [7, 11) is -0.115. The van der Waals surface area contributed by atoms with Gasteiger partial charge in [0, 0.05) is 0 Å². The minimum atomic E-state index is -0.988. The standard InChI is InChI=1S/2C9H15Si.2CH3.2ClH.H2Si.Ti/c2*1-8-5-6-9(7-8)10(2,3)4;;;;;;/h2*7H,6H2,1-4H3;2*1H3;2*1H;1H2;/q4*-1;;;;. The van der Waals surface area contributed by atoms with Crippen molar-refractivity contribution in [2.45, 2.75) is 66.0 Å². The van der Waals surface area contributed by atoms with Gasteiger partial charge in [-0.25, -0.2) is 23.3 Å². The van der Waals surface area contributed by atoms with Crippen LogP contribution in [0.4, 0.5) is 0 Å². The van der Waals surface area contributed by atoms with E-state index in [0.717, 1.165) is 12.8 Å². The number of rotatable bonds is 2. The van der Waals surface area contributed by atoms with Gasteiger partial charge in [-0.1, -0.05) is 53.1 Å². The second kappa shape index (κ2) is 16.8. The molecule has 6 heteroatoms. The molecule has 26 heavy (non-hydrogen) atoms. The van der Waals surface area contributed by atoms with Crippen molar-refractivity contribution in [1.29, 1.82) is 0 Å². The third kappa shape index (κ3) is 14.9. The van der Waals surface area contributed by atoms with Gasteiger partial charge in [0.05, 0.1) is 16.1 Å². The Morgan fingerprint density at radius 3 is 1.04 bits per heavy atom. The van der Waals surface area contributed by atoms with Gasteiger partial charge in [-0.05, 0) is 0 Å². The number of hydrogen-bond acceptors (Lipinski definition) is 0. The molecule has 0 aromatic heterocycles. The zero-order valence-electron chi connectivity index (χ0n) is 18.6. The molecule has 0 aliphatic heterocycles. The predicted molar refractivity (Wildman–Crippen MR) is 133 cm³/mol. The molecule has 0 nitrogen and oxygen atoms in total. The first-order valence-electron chi connectivity index (χ1n) is 7.92. The Morgan fingerprint density at radius 2 is 0.962 bits per heavy atom. The molecule has 0 spiro atoms. The molecule has 0 unspecified atom stereocenters. The van der Waals surface area contributed by atoms with E-state index >= 15 is 0 Å². The molecular formula is C20H40Cl2Si3Ti-4. The fourth-order valence-electron chi connectivity index (χ4n) is 2.16. The summed E-state index contributed by atoms with van der Waals surface area (Å²) in [5.74, 6) is 0. The molecule has 0 atom stereocenters. The Bertz CT molecular complexity index is 462. The number of allylic oxidation sites excluding steroid dienone is 8. The Labute approximate surface area is 193 Å². The molecule has 0 bridgehead atoms. The van der Waals surface area contributed by atoms with Crippen molar-refractivity contribution in [3.8, 4) is 0 Å². The van der Waals surface area contributed by atoms with Gasteiger partial charge in [-0.2, -0.15) is 10.4 Å². The second-order valence-electron chi connectivity index (χ2n) is 7.91. The van der Waals surface area contributed by atoms with Gasteiger partial charge in [0.15, 0.2) is 0 Å². The van der Waals surface area contributed by atoms with Crippen LogP contribution in [-0.2, 0) is 19.2 Å². The Kier molecular flexibility index (Phi) is 24.3. The third-order valence-electron chi connectivity index (χ3n) is 3.82. The van der Waals surface area contributed by atoms with Crippen molar-refractivity contribution >= 4 is 48.6 Å². The third-order valence-corrected chi connectivity index (χ3v) is 8.32. The predicted octanol–water partition coefficient (Wildman–Crippen LogP) is 6.71. The van der Waals surface area contributed by atoms with Crippen LogP contribution in [0.25, 0.3) is 0 Å². The minimum absolute atomic E-state index is 0. The van der Waals surface area contributed by atoms with Crippen molar-refractivity contribution in [3.63, 3.8) is 0 Å². The van der Waals surface area contributed by atoms with E-state index in [2.05, 4.69) is 77.4 Å². The Morgan fingerprint density at radius 1 is 0.731 bits per heavy atom. The van der Waals surface area contributed by atoms with E-state index in [9.17, 15) is 0 Å². The van der Waals surface area contributed by atoms with Crippen LogP contribution in [0.5, 0.6) is 0 Å². The van der Waals surface area contributed by atoms with Gasteiger partial charge in [0.25, 0.3) is 0 Å². The number of halogens is 2. The normalized spacial score (nSPS) is 14.6. The molecule has 0 heterocycles. The molecule has 0 radical (unpaired) electrons. The van der Waals surface area contributed by atoms with Crippen molar-refractivity contribution in [3.05, 3.63) is 60.7 Å². The van der Waals surface area contributed by atoms with Crippen LogP contribution in [0.3, 0.4) is 0 Å². The first kappa shape index (κ1) is 37.6. The quantitative estimate of drug-likeness (QED) is 0.302. The second-order valence-corrected chi connectivity index (χ2v) is 18.2. The summed E-state index contributed by atoms with van der Waals surface area (Å²) < 4.78 is 0. The van der Waals surface area contributed by atoms with Crippen LogP contribution >= 0.6 is 24.8 Å². The Balaban J connectivity index is -0.0000000904. The van der Waals surface area contributed by atoms with Crippen LogP contribution in [0, 0.1) is 27.0 Å². The fraction of sp³-hybridized carbons (Fsp3) is 0.500. The molecule has 0 aromatic carbocycles. The zero-order chi connectivity index (χ0) is 17.6. The molecule has 0 N–H and O–H groups in total. The molecule has 0 aromatic rings. The van der Waals surface area contributed by atoms with E-state index in [0.29, 0.717) is 0 Å². The first-order valence-corrected chi connectivity index (χ1v) is 18.9. The van der Waals surface area contributed by atoms with E-state index in [1.165, 1.54) is 11.1 Å².